The Kier molecular flexibility index (Phi) is 5.33. The zero-order chi connectivity index (χ0) is 15.2. The van der Waals surface area contributed by atoms with Crippen molar-refractivity contribution < 1.29 is 0 Å². The van der Waals surface area contributed by atoms with Crippen LogP contribution in [0.25, 0.3) is 0 Å². The van der Waals surface area contributed by atoms with Gasteiger partial charge >= 0.3 is 0 Å². The molecule has 0 bridgehead atoms. The molecule has 1 aromatic carbocycles. The second kappa shape index (κ2) is 7.22. The lowest BCUT2D eigenvalue weighted by Gasteiger charge is -2.17. The predicted molar refractivity (Wildman–Crippen MR) is 89.7 cm³/mol. The summed E-state index contributed by atoms with van der Waals surface area (Å²) in [6.45, 7) is 5.54. The number of aryl methyl sites for hydroxylation is 2. The van der Waals surface area contributed by atoms with Crippen LogP contribution in [0, 0.1) is 13.8 Å². The summed E-state index contributed by atoms with van der Waals surface area (Å²) < 4.78 is 0. The van der Waals surface area contributed by atoms with Gasteiger partial charge in [0, 0.05) is 19.0 Å². The van der Waals surface area contributed by atoms with Crippen LogP contribution >= 0.6 is 11.3 Å². The van der Waals surface area contributed by atoms with E-state index in [2.05, 4.69) is 34.3 Å². The lowest BCUT2D eigenvalue weighted by Crippen LogP contribution is -2.36. The van der Waals surface area contributed by atoms with Gasteiger partial charge in [0.2, 0.25) is 0 Å². The van der Waals surface area contributed by atoms with Gasteiger partial charge in [0.25, 0.3) is 0 Å². The summed E-state index contributed by atoms with van der Waals surface area (Å²) >= 11 is 1.73. The van der Waals surface area contributed by atoms with Gasteiger partial charge in [-0.1, -0.05) is 30.3 Å². The van der Waals surface area contributed by atoms with Crippen LogP contribution in [-0.4, -0.2) is 29.9 Å². The number of hydrogen-bond acceptors (Lipinski definition) is 3. The minimum Gasteiger partial charge on any atom is -0.351 e. The van der Waals surface area contributed by atoms with E-state index in [0.29, 0.717) is 13.1 Å². The van der Waals surface area contributed by atoms with E-state index in [-0.39, 0.29) is 0 Å². The fourth-order valence-electron chi connectivity index (χ4n) is 2.00. The van der Waals surface area contributed by atoms with Crippen LogP contribution in [0.1, 0.15) is 21.1 Å². The molecular formula is C16H22N4S. The number of thiazole rings is 1. The summed E-state index contributed by atoms with van der Waals surface area (Å²) in [6, 6.07) is 10.3. The molecule has 112 valence electrons. The largest absolute Gasteiger partial charge is 0.351 e. The predicted octanol–water partition coefficient (Wildman–Crippen LogP) is 2.97. The van der Waals surface area contributed by atoms with E-state index in [9.17, 15) is 0 Å². The first-order valence-electron chi connectivity index (χ1n) is 6.98. The Morgan fingerprint density at radius 1 is 1.24 bits per heavy atom. The average Bonchev–Trinajstić information content (AvgIpc) is 2.77. The quantitative estimate of drug-likeness (QED) is 0.697. The van der Waals surface area contributed by atoms with E-state index >= 15 is 0 Å². The molecule has 4 nitrogen and oxygen atoms in total. The van der Waals surface area contributed by atoms with Crippen LogP contribution in [0.15, 0.2) is 35.3 Å². The van der Waals surface area contributed by atoms with Crippen LogP contribution in [0.5, 0.6) is 0 Å². The van der Waals surface area contributed by atoms with E-state index in [0.717, 1.165) is 16.7 Å². The van der Waals surface area contributed by atoms with Crippen molar-refractivity contribution in [1.29, 1.82) is 0 Å². The summed E-state index contributed by atoms with van der Waals surface area (Å²) in [5, 5.41) is 4.49. The molecule has 0 atom stereocenters. The maximum absolute atomic E-state index is 4.65. The molecule has 0 aliphatic rings. The molecule has 0 aliphatic heterocycles. The molecule has 0 spiro atoms. The summed E-state index contributed by atoms with van der Waals surface area (Å²) in [4.78, 5) is 12.5. The Balaban J connectivity index is 2.00. The highest BCUT2D eigenvalue weighted by atomic mass is 32.1. The van der Waals surface area contributed by atoms with E-state index in [1.54, 1.807) is 11.3 Å². The minimum absolute atomic E-state index is 0.677. The van der Waals surface area contributed by atoms with Gasteiger partial charge in [0.1, 0.15) is 0 Å². The van der Waals surface area contributed by atoms with Crippen molar-refractivity contribution in [2.75, 3.05) is 14.1 Å². The lowest BCUT2D eigenvalue weighted by molar-refractivity contribution is 0.577. The molecule has 2 aromatic rings. The number of nitrogens with zero attached hydrogens (tertiary/aromatic N) is 3. The lowest BCUT2D eigenvalue weighted by atomic mass is 10.2. The van der Waals surface area contributed by atoms with Crippen LogP contribution in [-0.2, 0) is 13.1 Å². The first-order chi connectivity index (χ1) is 10.1. The van der Waals surface area contributed by atoms with Gasteiger partial charge in [0.15, 0.2) is 5.96 Å². The van der Waals surface area contributed by atoms with Gasteiger partial charge in [0.05, 0.1) is 23.8 Å². The van der Waals surface area contributed by atoms with E-state index < -0.39 is 0 Å². The number of aliphatic imine (C=N–C) groups is 1. The molecule has 1 aromatic heterocycles. The molecule has 1 N–H and O–H groups in total. The molecule has 0 aliphatic carbocycles. The number of rotatable bonds is 4. The number of guanidine groups is 1. The van der Waals surface area contributed by atoms with Crippen LogP contribution in [0.2, 0.25) is 0 Å². The minimum atomic E-state index is 0.677. The van der Waals surface area contributed by atoms with Crippen molar-refractivity contribution >= 4 is 17.3 Å². The third-order valence-electron chi connectivity index (χ3n) is 3.09. The van der Waals surface area contributed by atoms with Crippen molar-refractivity contribution in [3.63, 3.8) is 0 Å². The highest BCUT2D eigenvalue weighted by Gasteiger charge is 2.07. The monoisotopic (exact) mass is 302 g/mol. The standard InChI is InChI=1S/C16H22N4S/c1-12-15(19-13(2)21-12)11-18-16(20(3)4)17-10-14-8-6-5-7-9-14/h5-9H,10-11H2,1-4H3,(H,17,18). The van der Waals surface area contributed by atoms with Crippen LogP contribution in [0.3, 0.4) is 0 Å². The normalized spacial score (nSPS) is 11.5. The Labute approximate surface area is 130 Å². The first-order valence-corrected chi connectivity index (χ1v) is 7.80. The fraction of sp³-hybridized carbons (Fsp3) is 0.375. The second-order valence-corrected chi connectivity index (χ2v) is 6.52. The molecule has 0 amide bonds. The van der Waals surface area contributed by atoms with Gasteiger partial charge in [-0.25, -0.2) is 9.98 Å². The number of aromatic nitrogens is 1. The van der Waals surface area contributed by atoms with Crippen molar-refractivity contribution in [2.45, 2.75) is 26.9 Å². The van der Waals surface area contributed by atoms with Crippen LogP contribution in [0.4, 0.5) is 0 Å². The Morgan fingerprint density at radius 2 is 1.95 bits per heavy atom. The van der Waals surface area contributed by atoms with E-state index in [1.807, 2.05) is 44.1 Å². The molecule has 0 unspecified atom stereocenters. The van der Waals surface area contributed by atoms with Crippen molar-refractivity contribution in [3.05, 3.63) is 51.5 Å². The summed E-state index contributed by atoms with van der Waals surface area (Å²) in [6.07, 6.45) is 0. The summed E-state index contributed by atoms with van der Waals surface area (Å²) in [5.41, 5.74) is 2.31. The van der Waals surface area contributed by atoms with E-state index in [1.165, 1.54) is 10.4 Å². The smallest absolute Gasteiger partial charge is 0.194 e. The Hall–Kier alpha value is -1.88. The number of hydrogen-bond donors (Lipinski definition) is 1. The third-order valence-corrected chi connectivity index (χ3v) is 4.02. The fourth-order valence-corrected chi connectivity index (χ4v) is 2.84. The maximum atomic E-state index is 4.65. The molecular weight excluding hydrogens is 280 g/mol. The zero-order valence-electron chi connectivity index (χ0n) is 13.1. The highest BCUT2D eigenvalue weighted by molar-refractivity contribution is 7.11. The third kappa shape index (κ3) is 4.56. The topological polar surface area (TPSA) is 40.5 Å². The molecule has 5 heteroatoms. The number of benzene rings is 1. The van der Waals surface area contributed by atoms with Gasteiger partial charge in [-0.15, -0.1) is 11.3 Å². The van der Waals surface area contributed by atoms with Crippen molar-refractivity contribution in [2.24, 2.45) is 4.99 Å². The molecule has 0 saturated heterocycles. The first kappa shape index (κ1) is 15.5. The molecule has 0 fully saturated rings. The number of nitrogens with one attached hydrogen (secondary N) is 1. The highest BCUT2D eigenvalue weighted by Crippen LogP contribution is 2.16. The zero-order valence-corrected chi connectivity index (χ0v) is 13.9. The van der Waals surface area contributed by atoms with Crippen molar-refractivity contribution in [3.8, 4) is 0 Å². The van der Waals surface area contributed by atoms with Gasteiger partial charge in [-0.05, 0) is 19.4 Å². The second-order valence-electron chi connectivity index (χ2n) is 5.11. The Morgan fingerprint density at radius 3 is 2.52 bits per heavy atom. The van der Waals surface area contributed by atoms with Crippen LogP contribution < -0.4 is 5.32 Å². The Bertz CT molecular complexity index is 602. The summed E-state index contributed by atoms with van der Waals surface area (Å²) in [7, 11) is 3.99. The SMILES string of the molecule is Cc1nc(CNC(=NCc2ccccc2)N(C)C)c(C)s1. The summed E-state index contributed by atoms with van der Waals surface area (Å²) in [5.74, 6) is 0.879. The van der Waals surface area contributed by atoms with E-state index in [4.69, 9.17) is 0 Å². The molecule has 0 radical (unpaired) electrons. The molecule has 21 heavy (non-hydrogen) atoms. The maximum Gasteiger partial charge on any atom is 0.194 e. The van der Waals surface area contributed by atoms with Gasteiger partial charge in [-0.3, -0.25) is 0 Å². The molecule has 0 saturated carbocycles. The van der Waals surface area contributed by atoms with Gasteiger partial charge < -0.3 is 10.2 Å². The van der Waals surface area contributed by atoms with Gasteiger partial charge in [-0.2, -0.15) is 0 Å². The van der Waals surface area contributed by atoms with Crippen molar-refractivity contribution in [1.82, 2.24) is 15.2 Å². The molecule has 1 heterocycles. The molecule has 2 rings (SSSR count). The average molecular weight is 302 g/mol.